The first-order valence-corrected chi connectivity index (χ1v) is 10.6. The van der Waals surface area contributed by atoms with Crippen molar-refractivity contribution in [1.82, 2.24) is 0 Å². The van der Waals surface area contributed by atoms with Crippen LogP contribution in [0.25, 0.3) is 11.1 Å². The number of nitrogens with one attached hydrogen (secondary N) is 1. The highest BCUT2D eigenvalue weighted by atomic mass is 19.1. The minimum atomic E-state index is -0.691. The number of hydrogen-bond donors (Lipinski definition) is 2. The molecule has 0 saturated heterocycles. The second kappa shape index (κ2) is 7.48. The molecule has 5 nitrogen and oxygen atoms in total. The zero-order valence-corrected chi connectivity index (χ0v) is 17.7. The van der Waals surface area contributed by atoms with Crippen LogP contribution in [0.15, 0.2) is 54.6 Å². The van der Waals surface area contributed by atoms with Gasteiger partial charge in [-0.1, -0.05) is 18.2 Å². The zero-order valence-electron chi connectivity index (χ0n) is 17.7. The van der Waals surface area contributed by atoms with E-state index in [2.05, 4.69) is 11.4 Å². The van der Waals surface area contributed by atoms with Crippen LogP contribution >= 0.6 is 0 Å². The number of carbonyl (C=O) groups is 2. The molecule has 3 N–H and O–H groups in total. The van der Waals surface area contributed by atoms with E-state index < -0.39 is 17.1 Å². The van der Waals surface area contributed by atoms with E-state index in [1.54, 1.807) is 12.1 Å². The molecule has 3 aromatic carbocycles. The lowest BCUT2D eigenvalue weighted by atomic mass is 9.92. The summed E-state index contributed by atoms with van der Waals surface area (Å²) in [6, 6.07) is 15.6. The summed E-state index contributed by atoms with van der Waals surface area (Å²) in [5, 5.41) is 3.04. The molecule has 1 aliphatic heterocycles. The van der Waals surface area contributed by atoms with E-state index in [9.17, 15) is 14.0 Å². The number of anilines is 1. The van der Waals surface area contributed by atoms with E-state index in [1.807, 2.05) is 31.2 Å². The molecule has 3 aromatic rings. The summed E-state index contributed by atoms with van der Waals surface area (Å²) in [6.45, 7) is 2.58. The summed E-state index contributed by atoms with van der Waals surface area (Å²) >= 11 is 0. The molecule has 1 heterocycles. The van der Waals surface area contributed by atoms with Gasteiger partial charge in [-0.3, -0.25) is 9.59 Å². The maximum Gasteiger partial charge on any atom is 0.248 e. The van der Waals surface area contributed by atoms with Gasteiger partial charge in [-0.15, -0.1) is 0 Å². The molecule has 0 spiro atoms. The van der Waals surface area contributed by atoms with Gasteiger partial charge in [0.25, 0.3) is 0 Å². The number of hydrogen-bond acceptors (Lipinski definition) is 3. The van der Waals surface area contributed by atoms with Gasteiger partial charge in [-0.2, -0.15) is 0 Å². The van der Waals surface area contributed by atoms with E-state index >= 15 is 0 Å². The summed E-state index contributed by atoms with van der Waals surface area (Å²) < 4.78 is 19.7. The SMILES string of the molecule is Cc1ccc(NC(=O)C2(c3ccc4c(c3)CCO4)CC2)cc1-c1cc(F)cc(C(N)=O)c1. The van der Waals surface area contributed by atoms with Crippen molar-refractivity contribution in [3.8, 4) is 16.9 Å². The zero-order chi connectivity index (χ0) is 22.5. The number of aryl methyl sites for hydroxylation is 1. The van der Waals surface area contributed by atoms with Crippen molar-refractivity contribution in [2.45, 2.75) is 31.6 Å². The summed E-state index contributed by atoms with van der Waals surface area (Å²) in [7, 11) is 0. The van der Waals surface area contributed by atoms with E-state index in [0.29, 0.717) is 17.9 Å². The van der Waals surface area contributed by atoms with E-state index in [4.69, 9.17) is 10.5 Å². The largest absolute Gasteiger partial charge is 0.493 e. The minimum Gasteiger partial charge on any atom is -0.493 e. The predicted octanol–water partition coefficient (Wildman–Crippen LogP) is 4.51. The first-order valence-electron chi connectivity index (χ1n) is 10.6. The van der Waals surface area contributed by atoms with Gasteiger partial charge < -0.3 is 15.8 Å². The van der Waals surface area contributed by atoms with E-state index in [-0.39, 0.29) is 11.5 Å². The van der Waals surface area contributed by atoms with Gasteiger partial charge in [0.1, 0.15) is 11.6 Å². The highest BCUT2D eigenvalue weighted by molar-refractivity contribution is 6.02. The van der Waals surface area contributed by atoms with E-state index in [0.717, 1.165) is 53.3 Å². The van der Waals surface area contributed by atoms with Crippen LogP contribution in [0, 0.1) is 12.7 Å². The molecule has 1 saturated carbocycles. The van der Waals surface area contributed by atoms with Gasteiger partial charge in [-0.05, 0) is 84.0 Å². The molecule has 0 unspecified atom stereocenters. The molecule has 0 radical (unpaired) electrons. The van der Waals surface area contributed by atoms with Crippen LogP contribution in [-0.4, -0.2) is 18.4 Å². The standard InChI is InChI=1S/C26H23FN2O3/c1-15-2-4-21(14-22(15)17-10-18(24(28)30)13-20(27)12-17)29-25(31)26(7-8-26)19-3-5-23-16(11-19)6-9-32-23/h2-5,10-14H,6-9H2,1H3,(H2,28,30)(H,29,31). The number of fused-ring (bicyclic) bond motifs is 1. The van der Waals surface area contributed by atoms with Crippen LogP contribution in [0.4, 0.5) is 10.1 Å². The Morgan fingerprint density at radius 2 is 1.88 bits per heavy atom. The van der Waals surface area contributed by atoms with Crippen molar-refractivity contribution in [2.75, 3.05) is 11.9 Å². The highest BCUT2D eigenvalue weighted by Crippen LogP contribution is 2.50. The topological polar surface area (TPSA) is 81.4 Å². The molecule has 1 aliphatic carbocycles. The van der Waals surface area contributed by atoms with Crippen LogP contribution in [0.2, 0.25) is 0 Å². The molecule has 0 bridgehead atoms. The lowest BCUT2D eigenvalue weighted by molar-refractivity contribution is -0.118. The van der Waals surface area contributed by atoms with Crippen LogP contribution in [0.3, 0.4) is 0 Å². The van der Waals surface area contributed by atoms with Crippen LogP contribution in [-0.2, 0) is 16.6 Å². The first kappa shape index (κ1) is 20.2. The van der Waals surface area contributed by atoms with Crippen molar-refractivity contribution in [1.29, 1.82) is 0 Å². The molecule has 0 aromatic heterocycles. The third-order valence-electron chi connectivity index (χ3n) is 6.42. The first-order chi connectivity index (χ1) is 15.4. The second-order valence-corrected chi connectivity index (χ2v) is 8.58. The predicted molar refractivity (Wildman–Crippen MR) is 120 cm³/mol. The lowest BCUT2D eigenvalue weighted by Gasteiger charge is -2.18. The van der Waals surface area contributed by atoms with Gasteiger partial charge in [0, 0.05) is 17.7 Å². The highest BCUT2D eigenvalue weighted by Gasteiger charge is 2.51. The van der Waals surface area contributed by atoms with Crippen LogP contribution in [0.1, 0.15) is 39.9 Å². The Balaban J connectivity index is 1.43. The monoisotopic (exact) mass is 430 g/mol. The van der Waals surface area contributed by atoms with E-state index in [1.165, 1.54) is 6.07 Å². The molecule has 32 heavy (non-hydrogen) atoms. The second-order valence-electron chi connectivity index (χ2n) is 8.58. The Hall–Kier alpha value is -3.67. The Morgan fingerprint density at radius 3 is 2.62 bits per heavy atom. The van der Waals surface area contributed by atoms with Crippen molar-refractivity contribution in [2.24, 2.45) is 5.73 Å². The summed E-state index contributed by atoms with van der Waals surface area (Å²) in [5.41, 5.74) is 9.85. The van der Waals surface area contributed by atoms with Crippen molar-refractivity contribution < 1.29 is 18.7 Å². The number of ether oxygens (including phenoxy) is 1. The Morgan fingerprint density at radius 1 is 1.06 bits per heavy atom. The van der Waals surface area contributed by atoms with Gasteiger partial charge in [-0.25, -0.2) is 4.39 Å². The fourth-order valence-electron chi connectivity index (χ4n) is 4.40. The van der Waals surface area contributed by atoms with Gasteiger partial charge in [0.15, 0.2) is 0 Å². The number of carbonyl (C=O) groups excluding carboxylic acids is 2. The molecule has 0 atom stereocenters. The fraction of sp³-hybridized carbons (Fsp3) is 0.231. The lowest BCUT2D eigenvalue weighted by Crippen LogP contribution is -2.27. The summed E-state index contributed by atoms with van der Waals surface area (Å²) in [6.07, 6.45) is 2.45. The smallest absolute Gasteiger partial charge is 0.248 e. The van der Waals surface area contributed by atoms with Gasteiger partial charge in [0.05, 0.1) is 12.0 Å². The molecule has 5 rings (SSSR count). The average molecular weight is 430 g/mol. The maximum atomic E-state index is 14.1. The third kappa shape index (κ3) is 3.51. The maximum absolute atomic E-state index is 14.1. The number of nitrogens with two attached hydrogens (primary N) is 1. The molecule has 162 valence electrons. The number of amides is 2. The normalized spacial score (nSPS) is 15.6. The number of rotatable bonds is 5. The molecule has 1 fully saturated rings. The Bertz CT molecular complexity index is 1260. The van der Waals surface area contributed by atoms with Crippen LogP contribution in [0.5, 0.6) is 5.75 Å². The third-order valence-corrected chi connectivity index (χ3v) is 6.42. The quantitative estimate of drug-likeness (QED) is 0.625. The molecular formula is C26H23FN2O3. The van der Waals surface area contributed by atoms with Crippen LogP contribution < -0.4 is 15.8 Å². The Kier molecular flexibility index (Phi) is 4.73. The van der Waals surface area contributed by atoms with Crippen molar-refractivity contribution in [3.05, 3.63) is 82.7 Å². The van der Waals surface area contributed by atoms with Gasteiger partial charge >= 0.3 is 0 Å². The summed E-state index contributed by atoms with van der Waals surface area (Å²) in [4.78, 5) is 24.8. The summed E-state index contributed by atoms with van der Waals surface area (Å²) in [5.74, 6) is -0.382. The number of primary amides is 1. The molecule has 6 heteroatoms. The minimum absolute atomic E-state index is 0.0526. The molecular weight excluding hydrogens is 407 g/mol. The number of halogens is 1. The molecule has 2 aliphatic rings. The Labute approximate surface area is 185 Å². The van der Waals surface area contributed by atoms with Crippen molar-refractivity contribution >= 4 is 17.5 Å². The number of benzene rings is 3. The fourth-order valence-corrected chi connectivity index (χ4v) is 4.40. The van der Waals surface area contributed by atoms with Gasteiger partial charge in [0.2, 0.25) is 11.8 Å². The van der Waals surface area contributed by atoms with Crippen molar-refractivity contribution in [3.63, 3.8) is 0 Å². The average Bonchev–Trinajstić information content (AvgIpc) is 3.45. The molecule has 2 amide bonds.